The lowest BCUT2D eigenvalue weighted by molar-refractivity contribution is -0.125. The molecular formula is C19H25N5O. The van der Waals surface area contributed by atoms with E-state index in [1.54, 1.807) is 0 Å². The Kier molecular flexibility index (Phi) is 4.42. The van der Waals surface area contributed by atoms with Crippen molar-refractivity contribution in [2.45, 2.75) is 45.6 Å². The van der Waals surface area contributed by atoms with E-state index in [0.29, 0.717) is 6.54 Å². The van der Waals surface area contributed by atoms with Gasteiger partial charge in [-0.1, -0.05) is 0 Å². The van der Waals surface area contributed by atoms with Crippen molar-refractivity contribution in [2.75, 3.05) is 18.0 Å². The number of rotatable bonds is 4. The van der Waals surface area contributed by atoms with Crippen molar-refractivity contribution >= 4 is 11.7 Å². The highest BCUT2D eigenvalue weighted by Gasteiger charge is 2.26. The molecule has 0 aromatic carbocycles. The monoisotopic (exact) mass is 339 g/mol. The lowest BCUT2D eigenvalue weighted by Crippen LogP contribution is -2.33. The highest BCUT2D eigenvalue weighted by molar-refractivity contribution is 5.79. The smallest absolute Gasteiger partial charge is 0.223 e. The molecule has 3 heterocycles. The Hall–Kier alpha value is -2.37. The van der Waals surface area contributed by atoms with E-state index in [9.17, 15) is 4.79 Å². The van der Waals surface area contributed by atoms with Crippen LogP contribution in [0.15, 0.2) is 18.3 Å². The number of H-pyrrole nitrogens is 1. The highest BCUT2D eigenvalue weighted by atomic mass is 16.1. The molecule has 1 amide bonds. The van der Waals surface area contributed by atoms with E-state index in [1.165, 1.54) is 12.8 Å². The Morgan fingerprint density at radius 3 is 3.08 bits per heavy atom. The van der Waals surface area contributed by atoms with Crippen molar-refractivity contribution in [2.24, 2.45) is 5.92 Å². The Bertz CT molecular complexity index is 763. The maximum Gasteiger partial charge on any atom is 0.223 e. The molecule has 6 heteroatoms. The summed E-state index contributed by atoms with van der Waals surface area (Å²) in [6.45, 7) is 4.69. The van der Waals surface area contributed by atoms with Gasteiger partial charge >= 0.3 is 0 Å². The molecule has 132 valence electrons. The third-order valence-corrected chi connectivity index (χ3v) is 5.24. The predicted octanol–water partition coefficient (Wildman–Crippen LogP) is 2.13. The SMILES string of the molecule is Cc1nc2c([nH]1)C[C@@H](C(=O)NCc1ccnc(N3CCCC3)c1)CC2. The molecule has 1 aliphatic carbocycles. The first-order valence-corrected chi connectivity index (χ1v) is 9.21. The minimum absolute atomic E-state index is 0.0345. The second-order valence-corrected chi connectivity index (χ2v) is 7.12. The summed E-state index contributed by atoms with van der Waals surface area (Å²) in [7, 11) is 0. The van der Waals surface area contributed by atoms with E-state index in [-0.39, 0.29) is 11.8 Å². The van der Waals surface area contributed by atoms with Gasteiger partial charge in [-0.05, 0) is 50.3 Å². The van der Waals surface area contributed by atoms with Crippen LogP contribution in [-0.2, 0) is 24.2 Å². The highest BCUT2D eigenvalue weighted by Crippen LogP contribution is 2.24. The fraction of sp³-hybridized carbons (Fsp3) is 0.526. The van der Waals surface area contributed by atoms with Gasteiger partial charge in [-0.3, -0.25) is 4.79 Å². The molecule has 25 heavy (non-hydrogen) atoms. The van der Waals surface area contributed by atoms with Gasteiger partial charge in [-0.25, -0.2) is 9.97 Å². The molecule has 4 rings (SSSR count). The van der Waals surface area contributed by atoms with Crippen LogP contribution in [0, 0.1) is 12.8 Å². The maximum atomic E-state index is 12.6. The third kappa shape index (κ3) is 3.52. The van der Waals surface area contributed by atoms with Crippen molar-refractivity contribution in [1.29, 1.82) is 0 Å². The second-order valence-electron chi connectivity index (χ2n) is 7.12. The lowest BCUT2D eigenvalue weighted by Gasteiger charge is -2.21. The zero-order valence-electron chi connectivity index (χ0n) is 14.7. The number of amides is 1. The first-order valence-electron chi connectivity index (χ1n) is 9.21. The summed E-state index contributed by atoms with van der Waals surface area (Å²) < 4.78 is 0. The third-order valence-electron chi connectivity index (χ3n) is 5.24. The summed E-state index contributed by atoms with van der Waals surface area (Å²) in [5.74, 6) is 2.14. The number of anilines is 1. The van der Waals surface area contributed by atoms with Gasteiger partial charge in [0.2, 0.25) is 5.91 Å². The zero-order valence-corrected chi connectivity index (χ0v) is 14.7. The minimum Gasteiger partial charge on any atom is -0.357 e. The summed E-state index contributed by atoms with van der Waals surface area (Å²) in [5, 5.41) is 3.10. The number of carbonyl (C=O) groups is 1. The average molecular weight is 339 g/mol. The first-order chi connectivity index (χ1) is 12.2. The van der Waals surface area contributed by atoms with Crippen molar-refractivity contribution in [3.63, 3.8) is 0 Å². The van der Waals surface area contributed by atoms with Crippen LogP contribution in [0.1, 0.15) is 42.0 Å². The van der Waals surface area contributed by atoms with Crippen LogP contribution in [0.5, 0.6) is 0 Å². The molecule has 1 aliphatic heterocycles. The van der Waals surface area contributed by atoms with Gasteiger partial charge in [-0.15, -0.1) is 0 Å². The molecule has 1 atom stereocenters. The average Bonchev–Trinajstić information content (AvgIpc) is 3.27. The standard InChI is InChI=1S/C19H25N5O/c1-13-22-16-5-4-15(11-17(16)23-13)19(25)21-12-14-6-7-20-18(10-14)24-8-2-3-9-24/h6-7,10,15H,2-5,8-9,11-12H2,1H3,(H,21,25)(H,22,23)/t15-/m0/s1. The number of hydrogen-bond donors (Lipinski definition) is 2. The number of imidazole rings is 1. The molecular weight excluding hydrogens is 314 g/mol. The number of nitrogens with one attached hydrogen (secondary N) is 2. The van der Waals surface area contributed by atoms with Crippen molar-refractivity contribution in [3.8, 4) is 0 Å². The van der Waals surface area contributed by atoms with Crippen LogP contribution in [-0.4, -0.2) is 33.9 Å². The topological polar surface area (TPSA) is 73.9 Å². The number of pyridine rings is 1. The van der Waals surface area contributed by atoms with E-state index < -0.39 is 0 Å². The van der Waals surface area contributed by atoms with E-state index >= 15 is 0 Å². The zero-order chi connectivity index (χ0) is 17.2. The van der Waals surface area contributed by atoms with E-state index in [4.69, 9.17) is 0 Å². The summed E-state index contributed by atoms with van der Waals surface area (Å²) in [6.07, 6.45) is 6.83. The molecule has 1 saturated heterocycles. The Morgan fingerprint density at radius 2 is 2.24 bits per heavy atom. The minimum atomic E-state index is 0.0345. The number of aromatic nitrogens is 3. The van der Waals surface area contributed by atoms with Gasteiger partial charge in [0.25, 0.3) is 0 Å². The van der Waals surface area contributed by atoms with Crippen molar-refractivity contribution < 1.29 is 4.79 Å². The Morgan fingerprint density at radius 1 is 1.40 bits per heavy atom. The number of carbonyl (C=O) groups excluding carboxylic acids is 1. The van der Waals surface area contributed by atoms with E-state index in [0.717, 1.165) is 60.9 Å². The molecule has 2 N–H and O–H groups in total. The van der Waals surface area contributed by atoms with Crippen LogP contribution in [0.3, 0.4) is 0 Å². The second kappa shape index (κ2) is 6.86. The number of fused-ring (bicyclic) bond motifs is 1. The Labute approximate surface area is 148 Å². The number of nitrogens with zero attached hydrogens (tertiary/aromatic N) is 3. The number of aromatic amines is 1. The summed E-state index contributed by atoms with van der Waals surface area (Å²) in [4.78, 5) is 27.1. The van der Waals surface area contributed by atoms with Crippen LogP contribution in [0.25, 0.3) is 0 Å². The van der Waals surface area contributed by atoms with Gasteiger partial charge in [0.05, 0.1) is 5.69 Å². The predicted molar refractivity (Wildman–Crippen MR) is 96.4 cm³/mol. The molecule has 0 bridgehead atoms. The molecule has 6 nitrogen and oxygen atoms in total. The molecule has 1 fully saturated rings. The molecule has 2 aliphatic rings. The van der Waals surface area contributed by atoms with Gasteiger partial charge in [0, 0.05) is 43.9 Å². The number of aryl methyl sites for hydroxylation is 2. The van der Waals surface area contributed by atoms with Gasteiger partial charge < -0.3 is 15.2 Å². The normalized spacial score (nSPS) is 19.7. The molecule has 0 radical (unpaired) electrons. The molecule has 0 unspecified atom stereocenters. The summed E-state index contributed by atoms with van der Waals surface area (Å²) in [6, 6.07) is 4.08. The van der Waals surface area contributed by atoms with Gasteiger partial charge in [-0.2, -0.15) is 0 Å². The number of hydrogen-bond acceptors (Lipinski definition) is 4. The summed E-state index contributed by atoms with van der Waals surface area (Å²) >= 11 is 0. The molecule has 0 saturated carbocycles. The first kappa shape index (κ1) is 16.1. The van der Waals surface area contributed by atoms with Gasteiger partial charge in [0.15, 0.2) is 0 Å². The summed E-state index contributed by atoms with van der Waals surface area (Å²) in [5.41, 5.74) is 3.37. The van der Waals surface area contributed by atoms with Crippen molar-refractivity contribution in [3.05, 3.63) is 41.1 Å². The molecule has 0 spiro atoms. The fourth-order valence-corrected chi connectivity index (χ4v) is 3.87. The van der Waals surface area contributed by atoms with E-state index in [1.807, 2.05) is 19.2 Å². The Balaban J connectivity index is 1.35. The lowest BCUT2D eigenvalue weighted by atomic mass is 9.89. The van der Waals surface area contributed by atoms with Crippen LogP contribution >= 0.6 is 0 Å². The fourth-order valence-electron chi connectivity index (χ4n) is 3.87. The van der Waals surface area contributed by atoms with E-state index in [2.05, 4.69) is 31.2 Å². The van der Waals surface area contributed by atoms with Crippen molar-refractivity contribution in [1.82, 2.24) is 20.3 Å². The van der Waals surface area contributed by atoms with Crippen LogP contribution in [0.2, 0.25) is 0 Å². The molecule has 2 aromatic rings. The maximum absolute atomic E-state index is 12.6. The largest absolute Gasteiger partial charge is 0.357 e. The van der Waals surface area contributed by atoms with Crippen LogP contribution in [0.4, 0.5) is 5.82 Å². The van der Waals surface area contributed by atoms with Gasteiger partial charge in [0.1, 0.15) is 11.6 Å². The quantitative estimate of drug-likeness (QED) is 0.895. The van der Waals surface area contributed by atoms with Crippen LogP contribution < -0.4 is 10.2 Å². The molecule has 2 aromatic heterocycles.